The second kappa shape index (κ2) is 8.36. The lowest BCUT2D eigenvalue weighted by Gasteiger charge is -2.16. The van der Waals surface area contributed by atoms with Crippen LogP contribution in [-0.2, 0) is 4.79 Å². The average Bonchev–Trinajstić information content (AvgIpc) is 2.63. The lowest BCUT2D eigenvalue weighted by Crippen LogP contribution is -2.14. The number of ether oxygens (including phenoxy) is 2. The Labute approximate surface area is 145 Å². The normalized spacial score (nSPS) is 9.64. The number of nitrogens with one attached hydrogen (secondary N) is 2. The van der Waals surface area contributed by atoms with E-state index >= 15 is 0 Å². The third kappa shape index (κ3) is 4.48. The highest BCUT2D eigenvalue weighted by atomic mass is 16.5. The summed E-state index contributed by atoms with van der Waals surface area (Å²) in [5, 5.41) is 13.9. The smallest absolute Gasteiger partial charge is 0.255 e. The molecule has 2 N–H and O–H groups in total. The molecule has 2 aromatic rings. The fourth-order valence-corrected chi connectivity index (χ4v) is 2.14. The summed E-state index contributed by atoms with van der Waals surface area (Å²) in [4.78, 5) is 23.9. The third-order valence-electron chi connectivity index (χ3n) is 3.32. The Morgan fingerprint density at radius 2 is 1.56 bits per heavy atom. The number of methoxy groups -OCH3 is 2. The minimum Gasteiger partial charge on any atom is -0.494 e. The van der Waals surface area contributed by atoms with Crippen LogP contribution in [0, 0.1) is 11.3 Å². The molecule has 0 atom stereocenters. The van der Waals surface area contributed by atoms with Crippen LogP contribution in [-0.4, -0.2) is 26.0 Å². The first kappa shape index (κ1) is 17.8. The Hall–Kier alpha value is -3.53. The molecule has 0 unspecified atom stereocenters. The van der Waals surface area contributed by atoms with E-state index < -0.39 is 5.91 Å². The van der Waals surface area contributed by atoms with E-state index in [0.29, 0.717) is 28.4 Å². The van der Waals surface area contributed by atoms with Crippen molar-refractivity contribution in [2.24, 2.45) is 0 Å². The van der Waals surface area contributed by atoms with E-state index in [1.54, 1.807) is 36.4 Å². The van der Waals surface area contributed by atoms with Crippen molar-refractivity contribution < 1.29 is 19.1 Å². The molecule has 0 saturated heterocycles. The molecule has 128 valence electrons. The number of nitrogens with zero attached hydrogens (tertiary/aromatic N) is 1. The van der Waals surface area contributed by atoms with Crippen molar-refractivity contribution in [3.63, 3.8) is 0 Å². The molecule has 25 heavy (non-hydrogen) atoms. The molecule has 7 nitrogen and oxygen atoms in total. The van der Waals surface area contributed by atoms with Gasteiger partial charge in [0, 0.05) is 17.7 Å². The van der Waals surface area contributed by atoms with Crippen molar-refractivity contribution >= 4 is 23.2 Å². The van der Waals surface area contributed by atoms with E-state index in [1.165, 1.54) is 20.3 Å². The van der Waals surface area contributed by atoms with Gasteiger partial charge in [-0.25, -0.2) is 0 Å². The molecule has 2 rings (SSSR count). The third-order valence-corrected chi connectivity index (χ3v) is 3.32. The highest BCUT2D eigenvalue weighted by Crippen LogP contribution is 2.36. The summed E-state index contributed by atoms with van der Waals surface area (Å²) in [6, 6.07) is 13.6. The molecule has 2 amide bonds. The largest absolute Gasteiger partial charge is 0.494 e. The second-order valence-electron chi connectivity index (χ2n) is 4.96. The van der Waals surface area contributed by atoms with Crippen LogP contribution in [0.3, 0.4) is 0 Å². The van der Waals surface area contributed by atoms with Crippen LogP contribution in [0.5, 0.6) is 11.5 Å². The van der Waals surface area contributed by atoms with Crippen molar-refractivity contribution in [1.29, 1.82) is 5.26 Å². The van der Waals surface area contributed by atoms with E-state index in [1.807, 2.05) is 6.07 Å². The van der Waals surface area contributed by atoms with Gasteiger partial charge in [0.1, 0.15) is 17.9 Å². The highest BCUT2D eigenvalue weighted by molar-refractivity contribution is 6.05. The molecule has 0 heterocycles. The van der Waals surface area contributed by atoms with E-state index in [9.17, 15) is 9.59 Å². The number of hydrogen-bond donors (Lipinski definition) is 2. The van der Waals surface area contributed by atoms with Crippen LogP contribution in [0.25, 0.3) is 0 Å². The summed E-state index contributed by atoms with van der Waals surface area (Å²) in [7, 11) is 2.88. The Bertz CT molecular complexity index is 813. The van der Waals surface area contributed by atoms with Gasteiger partial charge in [0.25, 0.3) is 5.91 Å². The highest BCUT2D eigenvalue weighted by Gasteiger charge is 2.16. The maximum atomic E-state index is 12.3. The summed E-state index contributed by atoms with van der Waals surface area (Å²) >= 11 is 0. The van der Waals surface area contributed by atoms with E-state index in [4.69, 9.17) is 14.7 Å². The first-order valence-corrected chi connectivity index (χ1v) is 7.38. The SMILES string of the molecule is COc1cc(NC(=O)c2ccccc2)c(OC)cc1NC(=O)CC#N. The zero-order chi connectivity index (χ0) is 18.2. The van der Waals surface area contributed by atoms with Crippen LogP contribution in [0.15, 0.2) is 42.5 Å². The fraction of sp³-hybridized carbons (Fsp3) is 0.167. The fourth-order valence-electron chi connectivity index (χ4n) is 2.14. The Morgan fingerprint density at radius 1 is 1.00 bits per heavy atom. The van der Waals surface area contributed by atoms with Gasteiger partial charge in [0.15, 0.2) is 0 Å². The minimum atomic E-state index is -0.469. The van der Waals surface area contributed by atoms with Gasteiger partial charge in [-0.2, -0.15) is 5.26 Å². The second-order valence-corrected chi connectivity index (χ2v) is 4.96. The zero-order valence-corrected chi connectivity index (χ0v) is 13.8. The maximum absolute atomic E-state index is 12.3. The molecule has 0 bridgehead atoms. The molecule has 0 aromatic heterocycles. The molecule has 0 aliphatic carbocycles. The summed E-state index contributed by atoms with van der Waals surface area (Å²) in [6.07, 6.45) is -0.280. The molecule has 0 spiro atoms. The van der Waals surface area contributed by atoms with Gasteiger partial charge >= 0.3 is 0 Å². The number of benzene rings is 2. The summed E-state index contributed by atoms with van der Waals surface area (Å²) in [5.74, 6) is -0.0982. The Balaban J connectivity index is 2.31. The summed E-state index contributed by atoms with van der Waals surface area (Å²) in [5.41, 5.74) is 1.23. The zero-order valence-electron chi connectivity index (χ0n) is 13.8. The minimum absolute atomic E-state index is 0.280. The molecule has 7 heteroatoms. The number of hydrogen-bond acceptors (Lipinski definition) is 5. The monoisotopic (exact) mass is 339 g/mol. The number of carbonyl (C=O) groups is 2. The summed E-state index contributed by atoms with van der Waals surface area (Å²) in [6.45, 7) is 0. The van der Waals surface area contributed by atoms with Gasteiger partial charge in [0.05, 0.1) is 31.7 Å². The number of anilines is 2. The first-order chi connectivity index (χ1) is 12.1. The lowest BCUT2D eigenvalue weighted by atomic mass is 10.2. The van der Waals surface area contributed by atoms with Gasteiger partial charge < -0.3 is 20.1 Å². The molecule has 0 aliphatic heterocycles. The molecule has 2 aromatic carbocycles. The van der Waals surface area contributed by atoms with Gasteiger partial charge in [-0.3, -0.25) is 9.59 Å². The van der Waals surface area contributed by atoms with Crippen LogP contribution in [0.4, 0.5) is 11.4 Å². The molecule has 0 saturated carbocycles. The molecule has 0 radical (unpaired) electrons. The number of carbonyl (C=O) groups excluding carboxylic acids is 2. The maximum Gasteiger partial charge on any atom is 0.255 e. The van der Waals surface area contributed by atoms with Crippen molar-refractivity contribution in [1.82, 2.24) is 0 Å². The summed E-state index contributed by atoms with van der Waals surface area (Å²) < 4.78 is 10.5. The quantitative estimate of drug-likeness (QED) is 0.843. The average molecular weight is 339 g/mol. The van der Waals surface area contributed by atoms with E-state index in [-0.39, 0.29) is 12.3 Å². The van der Waals surface area contributed by atoms with Crippen LogP contribution >= 0.6 is 0 Å². The van der Waals surface area contributed by atoms with E-state index in [2.05, 4.69) is 10.6 Å². The standard InChI is InChI=1S/C18H17N3O4/c1-24-15-11-14(21-18(23)12-6-4-3-5-7-12)16(25-2)10-13(15)20-17(22)8-9-19/h3-7,10-11H,8H2,1-2H3,(H,20,22)(H,21,23). The molecule has 0 fully saturated rings. The molecular weight excluding hydrogens is 322 g/mol. The number of rotatable bonds is 6. The van der Waals surface area contributed by atoms with Crippen LogP contribution in [0.1, 0.15) is 16.8 Å². The van der Waals surface area contributed by atoms with Crippen LogP contribution in [0.2, 0.25) is 0 Å². The van der Waals surface area contributed by atoms with Crippen molar-refractivity contribution in [3.8, 4) is 17.6 Å². The van der Waals surface area contributed by atoms with Gasteiger partial charge in [-0.05, 0) is 12.1 Å². The predicted octanol–water partition coefficient (Wildman–Crippen LogP) is 2.81. The Morgan fingerprint density at radius 3 is 2.08 bits per heavy atom. The molecule has 0 aliphatic rings. The van der Waals surface area contributed by atoms with Crippen molar-refractivity contribution in [3.05, 3.63) is 48.0 Å². The van der Waals surface area contributed by atoms with Crippen molar-refractivity contribution in [2.45, 2.75) is 6.42 Å². The molecular formula is C18H17N3O4. The number of nitriles is 1. The number of amides is 2. The lowest BCUT2D eigenvalue weighted by molar-refractivity contribution is -0.115. The van der Waals surface area contributed by atoms with Crippen molar-refractivity contribution in [2.75, 3.05) is 24.9 Å². The van der Waals surface area contributed by atoms with Crippen LogP contribution < -0.4 is 20.1 Å². The Kier molecular flexibility index (Phi) is 5.96. The van der Waals surface area contributed by atoms with Gasteiger partial charge in [-0.1, -0.05) is 18.2 Å². The first-order valence-electron chi connectivity index (χ1n) is 7.38. The van der Waals surface area contributed by atoms with Gasteiger partial charge in [0.2, 0.25) is 5.91 Å². The van der Waals surface area contributed by atoms with E-state index in [0.717, 1.165) is 0 Å². The topological polar surface area (TPSA) is 100 Å². The predicted molar refractivity (Wildman–Crippen MR) is 92.8 cm³/mol. The van der Waals surface area contributed by atoms with Gasteiger partial charge in [-0.15, -0.1) is 0 Å².